The van der Waals surface area contributed by atoms with Crippen molar-refractivity contribution in [1.29, 1.82) is 0 Å². The smallest absolute Gasteiger partial charge is 0.227 e. The zero-order chi connectivity index (χ0) is 14.8. The molecule has 2 rings (SSSR count). The second-order valence-electron chi connectivity index (χ2n) is 7.22. The second kappa shape index (κ2) is 6.22. The summed E-state index contributed by atoms with van der Waals surface area (Å²) < 4.78 is 5.11. The molecular formula is C15H28N4O. The minimum atomic E-state index is 0.282. The first-order valence-corrected chi connectivity index (χ1v) is 7.61. The average molecular weight is 280 g/mol. The van der Waals surface area contributed by atoms with E-state index in [0.29, 0.717) is 18.0 Å². The molecule has 1 aliphatic heterocycles. The van der Waals surface area contributed by atoms with Crippen LogP contribution in [0.2, 0.25) is 0 Å². The standard InChI is InChI=1S/C15H28N4O/c1-11(2)12-8-16-13(15(3,4)5)9-19(12)7-6-14-17-10-18-20-14/h10-13,16H,6-9H2,1-5H3. The molecule has 114 valence electrons. The van der Waals surface area contributed by atoms with E-state index in [1.165, 1.54) is 6.33 Å². The Bertz CT molecular complexity index is 397. The number of piperazine rings is 1. The summed E-state index contributed by atoms with van der Waals surface area (Å²) in [7, 11) is 0. The van der Waals surface area contributed by atoms with Crippen molar-refractivity contribution in [3.63, 3.8) is 0 Å². The number of rotatable bonds is 4. The van der Waals surface area contributed by atoms with Gasteiger partial charge in [0.25, 0.3) is 0 Å². The Kier molecular flexibility index (Phi) is 4.81. The first-order valence-electron chi connectivity index (χ1n) is 7.61. The van der Waals surface area contributed by atoms with Crippen LogP contribution in [0.1, 0.15) is 40.5 Å². The lowest BCUT2D eigenvalue weighted by Crippen LogP contribution is -2.61. The number of nitrogens with one attached hydrogen (secondary N) is 1. The van der Waals surface area contributed by atoms with Crippen molar-refractivity contribution in [3.8, 4) is 0 Å². The Morgan fingerprint density at radius 1 is 1.45 bits per heavy atom. The number of hydrogen-bond acceptors (Lipinski definition) is 5. The summed E-state index contributed by atoms with van der Waals surface area (Å²) >= 11 is 0. The quantitative estimate of drug-likeness (QED) is 0.913. The third-order valence-corrected chi connectivity index (χ3v) is 4.29. The lowest BCUT2D eigenvalue weighted by Gasteiger charge is -2.46. The fraction of sp³-hybridized carbons (Fsp3) is 0.867. The van der Waals surface area contributed by atoms with Crippen molar-refractivity contribution >= 4 is 0 Å². The minimum absolute atomic E-state index is 0.282. The fourth-order valence-corrected chi connectivity index (χ4v) is 2.87. The van der Waals surface area contributed by atoms with E-state index in [1.54, 1.807) is 0 Å². The molecule has 5 nitrogen and oxygen atoms in total. The number of aromatic nitrogens is 2. The Balaban J connectivity index is 1.99. The van der Waals surface area contributed by atoms with Crippen LogP contribution in [-0.4, -0.2) is 46.8 Å². The summed E-state index contributed by atoms with van der Waals surface area (Å²) in [6, 6.07) is 1.11. The Morgan fingerprint density at radius 3 is 2.75 bits per heavy atom. The zero-order valence-electron chi connectivity index (χ0n) is 13.4. The van der Waals surface area contributed by atoms with Gasteiger partial charge in [-0.1, -0.05) is 39.8 Å². The van der Waals surface area contributed by atoms with Crippen molar-refractivity contribution < 1.29 is 4.52 Å². The van der Waals surface area contributed by atoms with Gasteiger partial charge >= 0.3 is 0 Å². The zero-order valence-corrected chi connectivity index (χ0v) is 13.4. The van der Waals surface area contributed by atoms with Gasteiger partial charge in [-0.05, 0) is 11.3 Å². The first-order chi connectivity index (χ1) is 9.38. The maximum Gasteiger partial charge on any atom is 0.227 e. The maximum absolute atomic E-state index is 5.11. The molecule has 0 aliphatic carbocycles. The van der Waals surface area contributed by atoms with E-state index in [1.807, 2.05) is 0 Å². The highest BCUT2D eigenvalue weighted by atomic mass is 16.5. The minimum Gasteiger partial charge on any atom is -0.340 e. The van der Waals surface area contributed by atoms with Crippen molar-refractivity contribution in [2.45, 2.75) is 53.1 Å². The molecule has 1 aromatic heterocycles. The molecule has 0 saturated carbocycles. The van der Waals surface area contributed by atoms with Gasteiger partial charge < -0.3 is 9.84 Å². The molecule has 1 aromatic rings. The van der Waals surface area contributed by atoms with Gasteiger partial charge in [0.2, 0.25) is 5.89 Å². The van der Waals surface area contributed by atoms with Gasteiger partial charge in [-0.15, -0.1) is 0 Å². The summed E-state index contributed by atoms with van der Waals surface area (Å²) in [6.45, 7) is 14.6. The second-order valence-corrected chi connectivity index (χ2v) is 7.22. The van der Waals surface area contributed by atoms with Gasteiger partial charge in [0, 0.05) is 38.1 Å². The molecule has 2 heterocycles. The molecule has 0 radical (unpaired) electrons. The van der Waals surface area contributed by atoms with Crippen LogP contribution in [0.5, 0.6) is 0 Å². The molecular weight excluding hydrogens is 252 g/mol. The summed E-state index contributed by atoms with van der Waals surface area (Å²) in [4.78, 5) is 6.70. The molecule has 0 bridgehead atoms. The molecule has 0 amide bonds. The highest BCUT2D eigenvalue weighted by Crippen LogP contribution is 2.25. The normalized spacial score (nSPS) is 25.3. The molecule has 2 atom stereocenters. The molecule has 2 unspecified atom stereocenters. The van der Waals surface area contributed by atoms with Gasteiger partial charge in [-0.3, -0.25) is 4.90 Å². The molecule has 5 heteroatoms. The molecule has 1 aliphatic rings. The molecule has 0 aromatic carbocycles. The van der Waals surface area contributed by atoms with Crippen LogP contribution in [0.3, 0.4) is 0 Å². The van der Waals surface area contributed by atoms with Crippen LogP contribution in [0.25, 0.3) is 0 Å². The monoisotopic (exact) mass is 280 g/mol. The van der Waals surface area contributed by atoms with Gasteiger partial charge in [-0.2, -0.15) is 4.98 Å². The molecule has 1 saturated heterocycles. The Morgan fingerprint density at radius 2 is 2.20 bits per heavy atom. The molecule has 0 spiro atoms. The van der Waals surface area contributed by atoms with Crippen LogP contribution < -0.4 is 5.32 Å². The lowest BCUT2D eigenvalue weighted by molar-refractivity contribution is 0.0626. The van der Waals surface area contributed by atoms with E-state index in [4.69, 9.17) is 4.52 Å². The van der Waals surface area contributed by atoms with Crippen LogP contribution in [0, 0.1) is 11.3 Å². The highest BCUT2D eigenvalue weighted by molar-refractivity contribution is 4.93. The third-order valence-electron chi connectivity index (χ3n) is 4.29. The summed E-state index contributed by atoms with van der Waals surface area (Å²) in [5, 5.41) is 7.40. The van der Waals surface area contributed by atoms with Crippen LogP contribution in [-0.2, 0) is 6.42 Å². The first kappa shape index (κ1) is 15.4. The van der Waals surface area contributed by atoms with Gasteiger partial charge in [-0.25, -0.2) is 0 Å². The van der Waals surface area contributed by atoms with E-state index >= 15 is 0 Å². The largest absolute Gasteiger partial charge is 0.340 e. The lowest BCUT2D eigenvalue weighted by atomic mass is 9.83. The number of hydrogen-bond donors (Lipinski definition) is 1. The molecule has 1 fully saturated rings. The van der Waals surface area contributed by atoms with Gasteiger partial charge in [0.15, 0.2) is 6.33 Å². The van der Waals surface area contributed by atoms with E-state index in [9.17, 15) is 0 Å². The van der Waals surface area contributed by atoms with E-state index in [-0.39, 0.29) is 5.41 Å². The Labute approximate surface area is 122 Å². The maximum atomic E-state index is 5.11. The summed E-state index contributed by atoms with van der Waals surface area (Å²) in [6.07, 6.45) is 2.31. The predicted octanol–water partition coefficient (Wildman–Crippen LogP) is 1.96. The summed E-state index contributed by atoms with van der Waals surface area (Å²) in [5.74, 6) is 1.38. The van der Waals surface area contributed by atoms with Gasteiger partial charge in [0.05, 0.1) is 0 Å². The van der Waals surface area contributed by atoms with E-state index in [2.05, 4.69) is 55.0 Å². The van der Waals surface area contributed by atoms with Crippen molar-refractivity contribution in [1.82, 2.24) is 20.4 Å². The number of nitrogens with zero attached hydrogens (tertiary/aromatic N) is 3. The van der Waals surface area contributed by atoms with Crippen molar-refractivity contribution in [2.75, 3.05) is 19.6 Å². The van der Waals surface area contributed by atoms with Crippen molar-refractivity contribution in [3.05, 3.63) is 12.2 Å². The highest BCUT2D eigenvalue weighted by Gasteiger charge is 2.35. The van der Waals surface area contributed by atoms with Crippen LogP contribution in [0.4, 0.5) is 0 Å². The Hall–Kier alpha value is -0.940. The SMILES string of the molecule is CC(C)C1CNC(C(C)(C)C)CN1CCc1ncno1. The fourth-order valence-electron chi connectivity index (χ4n) is 2.87. The van der Waals surface area contributed by atoms with Crippen LogP contribution >= 0.6 is 0 Å². The molecule has 20 heavy (non-hydrogen) atoms. The summed E-state index contributed by atoms with van der Waals surface area (Å²) in [5.41, 5.74) is 0.282. The third kappa shape index (κ3) is 3.79. The van der Waals surface area contributed by atoms with Gasteiger partial charge in [0.1, 0.15) is 0 Å². The van der Waals surface area contributed by atoms with Crippen molar-refractivity contribution in [2.24, 2.45) is 11.3 Å². The average Bonchev–Trinajstić information content (AvgIpc) is 2.87. The topological polar surface area (TPSA) is 54.2 Å². The van der Waals surface area contributed by atoms with E-state index < -0.39 is 0 Å². The van der Waals surface area contributed by atoms with E-state index in [0.717, 1.165) is 31.9 Å². The van der Waals surface area contributed by atoms with Crippen LogP contribution in [0.15, 0.2) is 10.9 Å². The molecule has 1 N–H and O–H groups in total. The predicted molar refractivity (Wildman–Crippen MR) is 79.4 cm³/mol.